The van der Waals surface area contributed by atoms with Gasteiger partial charge in [-0.25, -0.2) is 0 Å². The highest BCUT2D eigenvalue weighted by molar-refractivity contribution is 5.90. The number of nitrogens with one attached hydrogen (secondary N) is 1. The SMILES string of the molecule is CCc1nc(C(=O)NCC(O)CO)no1. The van der Waals surface area contributed by atoms with Gasteiger partial charge in [0.05, 0.1) is 12.7 Å². The number of hydrogen-bond acceptors (Lipinski definition) is 6. The Morgan fingerprint density at radius 2 is 2.40 bits per heavy atom. The monoisotopic (exact) mass is 215 g/mol. The lowest BCUT2D eigenvalue weighted by Crippen LogP contribution is -2.34. The van der Waals surface area contributed by atoms with E-state index in [2.05, 4.69) is 15.5 Å². The molecule has 0 aliphatic carbocycles. The second kappa shape index (κ2) is 5.42. The first-order valence-corrected chi connectivity index (χ1v) is 4.57. The van der Waals surface area contributed by atoms with Crippen molar-refractivity contribution in [2.24, 2.45) is 0 Å². The Kier molecular flexibility index (Phi) is 4.19. The molecular weight excluding hydrogens is 202 g/mol. The van der Waals surface area contributed by atoms with E-state index in [0.717, 1.165) is 0 Å². The summed E-state index contributed by atoms with van der Waals surface area (Å²) in [5, 5.41) is 23.3. The van der Waals surface area contributed by atoms with Gasteiger partial charge in [0.15, 0.2) is 0 Å². The topological polar surface area (TPSA) is 108 Å². The second-order valence-electron chi connectivity index (χ2n) is 2.91. The van der Waals surface area contributed by atoms with Crippen molar-refractivity contribution in [3.05, 3.63) is 11.7 Å². The van der Waals surface area contributed by atoms with Crippen LogP contribution in [0.2, 0.25) is 0 Å². The Morgan fingerprint density at radius 1 is 1.67 bits per heavy atom. The molecule has 0 saturated carbocycles. The summed E-state index contributed by atoms with van der Waals surface area (Å²) >= 11 is 0. The maximum absolute atomic E-state index is 11.3. The van der Waals surface area contributed by atoms with E-state index < -0.39 is 18.6 Å². The van der Waals surface area contributed by atoms with Crippen LogP contribution in [-0.2, 0) is 6.42 Å². The molecule has 15 heavy (non-hydrogen) atoms. The van der Waals surface area contributed by atoms with Crippen LogP contribution in [0.3, 0.4) is 0 Å². The molecule has 7 nitrogen and oxygen atoms in total. The van der Waals surface area contributed by atoms with Crippen molar-refractivity contribution < 1.29 is 19.5 Å². The molecule has 0 aliphatic heterocycles. The van der Waals surface area contributed by atoms with Crippen molar-refractivity contribution >= 4 is 5.91 Å². The van der Waals surface area contributed by atoms with Crippen LogP contribution >= 0.6 is 0 Å². The summed E-state index contributed by atoms with van der Waals surface area (Å²) in [6, 6.07) is 0. The van der Waals surface area contributed by atoms with E-state index in [-0.39, 0.29) is 12.4 Å². The van der Waals surface area contributed by atoms with Crippen molar-refractivity contribution in [2.45, 2.75) is 19.4 Å². The van der Waals surface area contributed by atoms with Gasteiger partial charge in [0, 0.05) is 13.0 Å². The predicted molar refractivity (Wildman–Crippen MR) is 49.1 cm³/mol. The lowest BCUT2D eigenvalue weighted by atomic mass is 10.4. The molecule has 0 bridgehead atoms. The standard InChI is InChI=1S/C8H13N3O4/c1-2-6-10-7(11-15-6)8(14)9-3-5(13)4-12/h5,12-13H,2-4H2,1H3,(H,9,14). The van der Waals surface area contributed by atoms with E-state index in [0.29, 0.717) is 12.3 Å². The van der Waals surface area contributed by atoms with Gasteiger partial charge in [-0.05, 0) is 0 Å². The van der Waals surface area contributed by atoms with Crippen molar-refractivity contribution in [1.82, 2.24) is 15.5 Å². The van der Waals surface area contributed by atoms with Crippen LogP contribution in [0.15, 0.2) is 4.52 Å². The van der Waals surface area contributed by atoms with E-state index >= 15 is 0 Å². The van der Waals surface area contributed by atoms with E-state index in [1.807, 2.05) is 6.92 Å². The molecule has 0 saturated heterocycles. The zero-order valence-electron chi connectivity index (χ0n) is 8.30. The highest BCUT2D eigenvalue weighted by Crippen LogP contribution is 1.97. The van der Waals surface area contributed by atoms with Crippen LogP contribution < -0.4 is 5.32 Å². The third-order valence-corrected chi connectivity index (χ3v) is 1.68. The Labute approximate surface area is 86.1 Å². The Morgan fingerprint density at radius 3 is 2.93 bits per heavy atom. The maximum Gasteiger partial charge on any atom is 0.292 e. The Balaban J connectivity index is 2.46. The molecule has 3 N–H and O–H groups in total. The van der Waals surface area contributed by atoms with Gasteiger partial charge in [0.25, 0.3) is 11.7 Å². The molecule has 0 spiro atoms. The molecule has 1 amide bonds. The fourth-order valence-electron chi connectivity index (χ4n) is 0.845. The third kappa shape index (κ3) is 3.30. The summed E-state index contributed by atoms with van der Waals surface area (Å²) in [6.07, 6.45) is -0.425. The number of rotatable bonds is 5. The molecule has 1 unspecified atom stereocenters. The summed E-state index contributed by atoms with van der Waals surface area (Å²) < 4.78 is 4.73. The fraction of sp³-hybridized carbons (Fsp3) is 0.625. The van der Waals surface area contributed by atoms with E-state index in [1.165, 1.54) is 0 Å². The van der Waals surface area contributed by atoms with E-state index in [1.54, 1.807) is 0 Å². The van der Waals surface area contributed by atoms with Gasteiger partial charge in [-0.15, -0.1) is 0 Å². The minimum Gasteiger partial charge on any atom is -0.394 e. The quantitative estimate of drug-likeness (QED) is 0.564. The number of amides is 1. The predicted octanol–water partition coefficient (Wildman–Crippen LogP) is -1.29. The largest absolute Gasteiger partial charge is 0.394 e. The van der Waals surface area contributed by atoms with Crippen LogP contribution in [0.1, 0.15) is 23.4 Å². The summed E-state index contributed by atoms with van der Waals surface area (Å²) in [5.41, 5.74) is 0. The average Bonchev–Trinajstić information content (AvgIpc) is 2.73. The molecule has 0 aliphatic rings. The average molecular weight is 215 g/mol. The Bertz CT molecular complexity index is 325. The molecule has 0 radical (unpaired) electrons. The molecular formula is C8H13N3O4. The number of aryl methyl sites for hydroxylation is 1. The van der Waals surface area contributed by atoms with Gasteiger partial charge < -0.3 is 20.1 Å². The third-order valence-electron chi connectivity index (χ3n) is 1.68. The molecule has 1 rings (SSSR count). The molecule has 1 atom stereocenters. The number of aromatic nitrogens is 2. The van der Waals surface area contributed by atoms with Crippen LogP contribution in [0.25, 0.3) is 0 Å². The van der Waals surface area contributed by atoms with Gasteiger partial charge in [-0.2, -0.15) is 4.98 Å². The summed E-state index contributed by atoms with van der Waals surface area (Å²) in [6.45, 7) is 1.36. The first kappa shape index (κ1) is 11.6. The second-order valence-corrected chi connectivity index (χ2v) is 2.91. The molecule has 0 fully saturated rings. The molecule has 1 aromatic heterocycles. The fourth-order valence-corrected chi connectivity index (χ4v) is 0.845. The van der Waals surface area contributed by atoms with Crippen LogP contribution in [0.5, 0.6) is 0 Å². The number of aliphatic hydroxyl groups excluding tert-OH is 2. The first-order valence-electron chi connectivity index (χ1n) is 4.57. The smallest absolute Gasteiger partial charge is 0.292 e. The normalized spacial score (nSPS) is 12.5. The maximum atomic E-state index is 11.3. The van der Waals surface area contributed by atoms with Crippen LogP contribution in [0.4, 0.5) is 0 Å². The Hall–Kier alpha value is -1.47. The van der Waals surface area contributed by atoms with Crippen molar-refractivity contribution in [3.63, 3.8) is 0 Å². The molecule has 0 aromatic carbocycles. The van der Waals surface area contributed by atoms with Crippen LogP contribution in [0, 0.1) is 0 Å². The van der Waals surface area contributed by atoms with Gasteiger partial charge in [0.2, 0.25) is 5.89 Å². The van der Waals surface area contributed by atoms with E-state index in [4.69, 9.17) is 14.7 Å². The number of carbonyl (C=O) groups is 1. The molecule has 7 heteroatoms. The van der Waals surface area contributed by atoms with Crippen molar-refractivity contribution in [3.8, 4) is 0 Å². The number of carbonyl (C=O) groups excluding carboxylic acids is 1. The summed E-state index contributed by atoms with van der Waals surface area (Å²) in [7, 11) is 0. The summed E-state index contributed by atoms with van der Waals surface area (Å²) in [5.74, 6) is -0.231. The van der Waals surface area contributed by atoms with Gasteiger partial charge in [-0.3, -0.25) is 4.79 Å². The zero-order valence-corrected chi connectivity index (χ0v) is 8.30. The van der Waals surface area contributed by atoms with Crippen molar-refractivity contribution in [2.75, 3.05) is 13.2 Å². The minimum atomic E-state index is -0.980. The lowest BCUT2D eigenvalue weighted by Gasteiger charge is -2.06. The van der Waals surface area contributed by atoms with Gasteiger partial charge in [-0.1, -0.05) is 12.1 Å². The first-order chi connectivity index (χ1) is 7.17. The van der Waals surface area contributed by atoms with Gasteiger partial charge in [0.1, 0.15) is 0 Å². The summed E-state index contributed by atoms with van der Waals surface area (Å²) in [4.78, 5) is 15.1. The van der Waals surface area contributed by atoms with Crippen molar-refractivity contribution in [1.29, 1.82) is 0 Å². The highest BCUT2D eigenvalue weighted by Gasteiger charge is 2.14. The molecule has 1 aromatic rings. The highest BCUT2D eigenvalue weighted by atomic mass is 16.5. The molecule has 84 valence electrons. The number of hydrogen-bond donors (Lipinski definition) is 3. The minimum absolute atomic E-state index is 0.0503. The zero-order chi connectivity index (χ0) is 11.3. The van der Waals surface area contributed by atoms with Gasteiger partial charge >= 0.3 is 0 Å². The lowest BCUT2D eigenvalue weighted by molar-refractivity contribution is 0.0793. The van der Waals surface area contributed by atoms with E-state index in [9.17, 15) is 4.79 Å². The number of nitrogens with zero attached hydrogens (tertiary/aromatic N) is 2. The molecule has 1 heterocycles. The van der Waals surface area contributed by atoms with Crippen LogP contribution in [-0.4, -0.2) is 45.5 Å². The number of aliphatic hydroxyl groups is 2.